The van der Waals surface area contributed by atoms with Gasteiger partial charge in [0.15, 0.2) is 0 Å². The molecule has 37 heavy (non-hydrogen) atoms. The molecule has 1 heterocycles. The van der Waals surface area contributed by atoms with Gasteiger partial charge in [0, 0.05) is 23.1 Å². The first-order chi connectivity index (χ1) is 18.4. The van der Waals surface area contributed by atoms with E-state index in [2.05, 4.69) is 144 Å². The van der Waals surface area contributed by atoms with Crippen molar-refractivity contribution in [3.8, 4) is 33.4 Å². The Morgan fingerprint density at radius 3 is 1.35 bits per heavy atom. The average molecular weight is 475 g/mol. The van der Waals surface area contributed by atoms with Crippen molar-refractivity contribution in [3.63, 3.8) is 0 Å². The third-order valence-corrected chi connectivity index (χ3v) is 6.51. The quantitative estimate of drug-likeness (QED) is 0.239. The van der Waals surface area contributed by atoms with E-state index in [0.29, 0.717) is 0 Å². The molecule has 2 heteroatoms. The summed E-state index contributed by atoms with van der Waals surface area (Å²) >= 11 is 0. The first-order valence-corrected chi connectivity index (χ1v) is 12.5. The smallest absolute Gasteiger partial charge is 0.145 e. The largest absolute Gasteiger partial charge is 0.295 e. The zero-order valence-corrected chi connectivity index (χ0v) is 20.4. The van der Waals surface area contributed by atoms with Crippen molar-refractivity contribution < 1.29 is 0 Å². The minimum absolute atomic E-state index is 0.893. The van der Waals surface area contributed by atoms with E-state index in [4.69, 9.17) is 4.98 Å². The molecule has 176 valence electrons. The van der Waals surface area contributed by atoms with Crippen molar-refractivity contribution in [3.05, 3.63) is 158 Å². The van der Waals surface area contributed by atoms with Gasteiger partial charge < -0.3 is 0 Å². The van der Waals surface area contributed by atoms with E-state index in [9.17, 15) is 0 Å². The van der Waals surface area contributed by atoms with Crippen LogP contribution in [0.1, 0.15) is 0 Å². The summed E-state index contributed by atoms with van der Waals surface area (Å²) in [5.74, 6) is 0.893. The Hall–Kier alpha value is -4.95. The average Bonchev–Trinajstić information content (AvgIpc) is 2.99. The number of anilines is 3. The van der Waals surface area contributed by atoms with E-state index in [-0.39, 0.29) is 0 Å². The highest BCUT2D eigenvalue weighted by Gasteiger charge is 2.19. The van der Waals surface area contributed by atoms with Gasteiger partial charge >= 0.3 is 0 Å². The van der Waals surface area contributed by atoms with Gasteiger partial charge in [-0.1, -0.05) is 115 Å². The number of rotatable bonds is 6. The predicted molar refractivity (Wildman–Crippen MR) is 155 cm³/mol. The maximum Gasteiger partial charge on any atom is 0.145 e. The highest BCUT2D eigenvalue weighted by Crippen LogP contribution is 2.41. The molecule has 0 spiro atoms. The van der Waals surface area contributed by atoms with Gasteiger partial charge in [-0.05, 0) is 64.2 Å². The second-order valence-electron chi connectivity index (χ2n) is 8.91. The number of hydrogen-bond donors (Lipinski definition) is 0. The molecule has 2 nitrogen and oxygen atoms in total. The van der Waals surface area contributed by atoms with Gasteiger partial charge in [-0.25, -0.2) is 4.98 Å². The molecule has 0 N–H and O–H groups in total. The maximum absolute atomic E-state index is 4.94. The van der Waals surface area contributed by atoms with Crippen LogP contribution in [0.2, 0.25) is 0 Å². The Kier molecular flexibility index (Phi) is 6.30. The van der Waals surface area contributed by atoms with Crippen LogP contribution in [-0.4, -0.2) is 4.98 Å². The summed E-state index contributed by atoms with van der Waals surface area (Å²) in [6.45, 7) is 0. The van der Waals surface area contributed by atoms with Crippen LogP contribution in [0.25, 0.3) is 33.4 Å². The molecule has 0 saturated heterocycles. The number of benzene rings is 5. The third-order valence-electron chi connectivity index (χ3n) is 6.51. The minimum Gasteiger partial charge on any atom is -0.295 e. The normalized spacial score (nSPS) is 10.7. The Bertz CT molecular complexity index is 1530. The van der Waals surface area contributed by atoms with Gasteiger partial charge in [-0.3, -0.25) is 4.90 Å². The lowest BCUT2D eigenvalue weighted by atomic mass is 10.0. The Labute approximate surface area is 218 Å². The lowest BCUT2D eigenvalue weighted by Gasteiger charge is -2.27. The fourth-order valence-electron chi connectivity index (χ4n) is 4.72. The Morgan fingerprint density at radius 1 is 0.378 bits per heavy atom. The number of aromatic nitrogens is 1. The second-order valence-corrected chi connectivity index (χ2v) is 8.91. The van der Waals surface area contributed by atoms with Crippen LogP contribution in [-0.2, 0) is 0 Å². The van der Waals surface area contributed by atoms with Crippen LogP contribution >= 0.6 is 0 Å². The zero-order chi connectivity index (χ0) is 24.9. The summed E-state index contributed by atoms with van der Waals surface area (Å²) in [7, 11) is 0. The van der Waals surface area contributed by atoms with Gasteiger partial charge in [-0.2, -0.15) is 0 Å². The second kappa shape index (κ2) is 10.3. The molecule has 0 aliphatic carbocycles. The summed E-state index contributed by atoms with van der Waals surface area (Å²) < 4.78 is 0. The monoisotopic (exact) mass is 474 g/mol. The van der Waals surface area contributed by atoms with Crippen LogP contribution in [0.4, 0.5) is 17.2 Å². The highest BCUT2D eigenvalue weighted by molar-refractivity contribution is 5.88. The van der Waals surface area contributed by atoms with Gasteiger partial charge in [0.05, 0.1) is 0 Å². The molecular weight excluding hydrogens is 448 g/mol. The SMILES string of the molecule is c1ccc(-c2cccc(N(c3cccc(-c4ccccc4)c3)c3ncccc3-c3ccccc3)c2)cc1. The fourth-order valence-corrected chi connectivity index (χ4v) is 4.72. The van der Waals surface area contributed by atoms with Crippen molar-refractivity contribution in [1.29, 1.82) is 0 Å². The van der Waals surface area contributed by atoms with E-state index < -0.39 is 0 Å². The number of nitrogens with zero attached hydrogens (tertiary/aromatic N) is 2. The van der Waals surface area contributed by atoms with Gasteiger partial charge in [-0.15, -0.1) is 0 Å². The minimum atomic E-state index is 0.893. The molecule has 0 amide bonds. The summed E-state index contributed by atoms with van der Waals surface area (Å²) in [5.41, 5.74) is 9.04. The van der Waals surface area contributed by atoms with Crippen LogP contribution in [0, 0.1) is 0 Å². The van der Waals surface area contributed by atoms with Crippen LogP contribution in [0.5, 0.6) is 0 Å². The standard InChI is InChI=1S/C35H26N2/c1-4-13-27(14-5-1)30-19-10-21-32(25-30)37(33-22-11-20-31(26-33)28-15-6-2-7-16-28)35-34(23-12-24-36-35)29-17-8-3-9-18-29/h1-26H. The predicted octanol–water partition coefficient (Wildman–Crippen LogP) is 9.55. The van der Waals surface area contributed by atoms with E-state index >= 15 is 0 Å². The summed E-state index contributed by atoms with van der Waals surface area (Å²) in [4.78, 5) is 7.20. The molecule has 0 bridgehead atoms. The van der Waals surface area contributed by atoms with E-state index in [1.807, 2.05) is 18.3 Å². The summed E-state index contributed by atoms with van der Waals surface area (Å²) in [6.07, 6.45) is 1.87. The van der Waals surface area contributed by atoms with E-state index in [1.165, 1.54) is 22.3 Å². The van der Waals surface area contributed by atoms with Crippen molar-refractivity contribution in [2.75, 3.05) is 4.90 Å². The lowest BCUT2D eigenvalue weighted by molar-refractivity contribution is 1.18. The lowest BCUT2D eigenvalue weighted by Crippen LogP contribution is -2.13. The van der Waals surface area contributed by atoms with Crippen molar-refractivity contribution >= 4 is 17.2 Å². The van der Waals surface area contributed by atoms with Crippen LogP contribution in [0.3, 0.4) is 0 Å². The molecule has 0 fully saturated rings. The van der Waals surface area contributed by atoms with Gasteiger partial charge in [0.25, 0.3) is 0 Å². The molecule has 0 unspecified atom stereocenters. The first kappa shape index (κ1) is 22.5. The third kappa shape index (κ3) is 4.78. The van der Waals surface area contributed by atoms with Crippen molar-refractivity contribution in [2.24, 2.45) is 0 Å². The first-order valence-electron chi connectivity index (χ1n) is 12.5. The Morgan fingerprint density at radius 2 is 0.838 bits per heavy atom. The molecular formula is C35H26N2. The fraction of sp³-hybridized carbons (Fsp3) is 0. The molecule has 5 aromatic carbocycles. The molecule has 1 aromatic heterocycles. The Balaban J connectivity index is 1.56. The molecule has 0 atom stereocenters. The topological polar surface area (TPSA) is 16.1 Å². The maximum atomic E-state index is 4.94. The number of hydrogen-bond acceptors (Lipinski definition) is 2. The molecule has 6 rings (SSSR count). The van der Waals surface area contributed by atoms with E-state index in [0.717, 1.165) is 28.3 Å². The molecule has 0 aliphatic rings. The van der Waals surface area contributed by atoms with Gasteiger partial charge in [0.1, 0.15) is 5.82 Å². The van der Waals surface area contributed by atoms with Gasteiger partial charge in [0.2, 0.25) is 0 Å². The molecule has 0 saturated carbocycles. The van der Waals surface area contributed by atoms with Crippen molar-refractivity contribution in [2.45, 2.75) is 0 Å². The number of pyridine rings is 1. The zero-order valence-electron chi connectivity index (χ0n) is 20.4. The van der Waals surface area contributed by atoms with Crippen LogP contribution in [0.15, 0.2) is 158 Å². The van der Waals surface area contributed by atoms with Crippen molar-refractivity contribution in [1.82, 2.24) is 4.98 Å². The molecule has 6 aromatic rings. The molecule has 0 aliphatic heterocycles. The van der Waals surface area contributed by atoms with E-state index in [1.54, 1.807) is 0 Å². The molecule has 0 radical (unpaired) electrons. The highest BCUT2D eigenvalue weighted by atomic mass is 15.2. The van der Waals surface area contributed by atoms with Crippen LogP contribution < -0.4 is 4.90 Å². The summed E-state index contributed by atoms with van der Waals surface area (Å²) in [5, 5.41) is 0. The summed E-state index contributed by atoms with van der Waals surface area (Å²) in [6, 6.07) is 53.0.